The number of aromatic nitrogens is 1. The first-order chi connectivity index (χ1) is 6.94. The van der Waals surface area contributed by atoms with Gasteiger partial charge in [0.25, 0.3) is 5.91 Å². The number of hydrogen-bond donors (Lipinski definition) is 1. The predicted molar refractivity (Wildman–Crippen MR) is 39.3 cm³/mol. The van der Waals surface area contributed by atoms with Crippen molar-refractivity contribution in [3.8, 4) is 0 Å². The van der Waals surface area contributed by atoms with Crippen molar-refractivity contribution in [1.82, 2.24) is 10.5 Å². The molecule has 1 aromatic rings. The van der Waals surface area contributed by atoms with Gasteiger partial charge in [0, 0.05) is 6.07 Å². The first kappa shape index (κ1) is 11.5. The number of alkyl halides is 4. The molecule has 8 heteroatoms. The Morgan fingerprint density at radius 1 is 1.60 bits per heavy atom. The smallest absolute Gasteiger partial charge is 0.360 e. The summed E-state index contributed by atoms with van der Waals surface area (Å²) < 4.78 is 52.5. The van der Waals surface area contributed by atoms with Gasteiger partial charge in [-0.1, -0.05) is 5.16 Å². The Balaban J connectivity index is 2.49. The van der Waals surface area contributed by atoms with Crippen molar-refractivity contribution in [2.24, 2.45) is 0 Å². The zero-order valence-corrected chi connectivity index (χ0v) is 7.21. The van der Waals surface area contributed by atoms with Crippen LogP contribution in [-0.4, -0.2) is 23.4 Å². The molecule has 1 heterocycles. The van der Waals surface area contributed by atoms with Crippen molar-refractivity contribution in [1.29, 1.82) is 0 Å². The van der Waals surface area contributed by atoms with Gasteiger partial charge in [-0.15, -0.1) is 0 Å². The Morgan fingerprint density at radius 3 is 2.73 bits per heavy atom. The first-order valence-corrected chi connectivity index (χ1v) is 3.78. The molecule has 0 saturated carbocycles. The molecular formula is C7H6F4N2O2. The number of rotatable bonds is 4. The Morgan fingerprint density at radius 2 is 2.27 bits per heavy atom. The van der Waals surface area contributed by atoms with Crippen LogP contribution in [0.2, 0.25) is 0 Å². The lowest BCUT2D eigenvalue weighted by Gasteiger charge is -2.13. The minimum Gasteiger partial charge on any atom is -0.360 e. The molecule has 0 aromatic carbocycles. The van der Waals surface area contributed by atoms with E-state index in [9.17, 15) is 22.4 Å². The second-order valence-corrected chi connectivity index (χ2v) is 2.59. The molecule has 0 fully saturated rings. The summed E-state index contributed by atoms with van der Waals surface area (Å²) in [5.41, 5.74) is 0. The average molecular weight is 226 g/mol. The minimum absolute atomic E-state index is 0.0911. The van der Waals surface area contributed by atoms with E-state index < -0.39 is 24.8 Å². The van der Waals surface area contributed by atoms with Crippen LogP contribution >= 0.6 is 0 Å². The van der Waals surface area contributed by atoms with Crippen LogP contribution in [0.3, 0.4) is 0 Å². The number of carbonyl (C=O) groups is 1. The van der Waals surface area contributed by atoms with E-state index in [1.165, 1.54) is 12.3 Å². The van der Waals surface area contributed by atoms with E-state index in [0.29, 0.717) is 0 Å². The molecule has 0 aliphatic carbocycles. The molecule has 1 rings (SSSR count). The van der Waals surface area contributed by atoms with E-state index in [-0.39, 0.29) is 5.76 Å². The normalized spacial score (nSPS) is 11.8. The lowest BCUT2D eigenvalue weighted by Crippen LogP contribution is -2.44. The maximum atomic E-state index is 12.4. The first-order valence-electron chi connectivity index (χ1n) is 3.78. The van der Waals surface area contributed by atoms with E-state index in [0.717, 1.165) is 0 Å². The summed E-state index contributed by atoms with van der Waals surface area (Å²) in [5.74, 6) is -6.65. The number of hydrogen-bond acceptors (Lipinski definition) is 3. The van der Waals surface area contributed by atoms with Crippen molar-refractivity contribution < 1.29 is 26.9 Å². The second kappa shape index (κ2) is 4.28. The standard InChI is InChI=1S/C7H6F4N2O2/c8-5(9)7(10,11)6(14)12-3-4-1-2-13-15-4/h1-2,5H,3H2,(H,12,14). The van der Waals surface area contributed by atoms with Crippen LogP contribution in [0.15, 0.2) is 16.8 Å². The maximum Gasteiger partial charge on any atom is 0.383 e. The largest absolute Gasteiger partial charge is 0.383 e. The third-order valence-electron chi connectivity index (χ3n) is 1.49. The van der Waals surface area contributed by atoms with Gasteiger partial charge in [-0.25, -0.2) is 8.78 Å². The van der Waals surface area contributed by atoms with Gasteiger partial charge in [-0.3, -0.25) is 4.79 Å². The molecule has 0 saturated heterocycles. The van der Waals surface area contributed by atoms with Crippen LogP contribution in [0.5, 0.6) is 0 Å². The van der Waals surface area contributed by atoms with Crippen LogP contribution in [0, 0.1) is 0 Å². The molecule has 0 bridgehead atoms. The number of carbonyl (C=O) groups excluding carboxylic acids is 1. The van der Waals surface area contributed by atoms with Crippen LogP contribution in [-0.2, 0) is 11.3 Å². The number of nitrogens with one attached hydrogen (secondary N) is 1. The van der Waals surface area contributed by atoms with Gasteiger partial charge in [0.15, 0.2) is 5.76 Å². The van der Waals surface area contributed by atoms with Gasteiger partial charge in [0.05, 0.1) is 12.7 Å². The van der Waals surface area contributed by atoms with Crippen LogP contribution in [0.4, 0.5) is 17.6 Å². The summed E-state index contributed by atoms with van der Waals surface area (Å²) in [5, 5.41) is 4.84. The topological polar surface area (TPSA) is 55.1 Å². The highest BCUT2D eigenvalue weighted by atomic mass is 19.3. The van der Waals surface area contributed by atoms with Crippen molar-refractivity contribution in [3.63, 3.8) is 0 Å². The molecule has 4 nitrogen and oxygen atoms in total. The molecule has 1 N–H and O–H groups in total. The monoisotopic (exact) mass is 226 g/mol. The highest BCUT2D eigenvalue weighted by Crippen LogP contribution is 2.22. The van der Waals surface area contributed by atoms with E-state index in [1.54, 1.807) is 5.32 Å². The maximum absolute atomic E-state index is 12.4. The summed E-state index contributed by atoms with van der Waals surface area (Å²) in [6.07, 6.45) is -2.81. The molecule has 0 aliphatic heterocycles. The van der Waals surface area contributed by atoms with Gasteiger partial charge in [0.2, 0.25) is 0 Å². The average Bonchev–Trinajstić information content (AvgIpc) is 2.66. The van der Waals surface area contributed by atoms with E-state index in [2.05, 4.69) is 9.68 Å². The summed E-state index contributed by atoms with van der Waals surface area (Å²) >= 11 is 0. The molecule has 15 heavy (non-hydrogen) atoms. The SMILES string of the molecule is O=C(NCc1ccno1)C(F)(F)C(F)F. The van der Waals surface area contributed by atoms with Gasteiger partial charge in [0.1, 0.15) is 0 Å². The van der Waals surface area contributed by atoms with Crippen molar-refractivity contribution in [3.05, 3.63) is 18.0 Å². The van der Waals surface area contributed by atoms with Gasteiger partial charge < -0.3 is 9.84 Å². The molecule has 0 aliphatic rings. The quantitative estimate of drug-likeness (QED) is 0.784. The predicted octanol–water partition coefficient (Wildman–Crippen LogP) is 1.19. The molecular weight excluding hydrogens is 220 g/mol. The summed E-state index contributed by atoms with van der Waals surface area (Å²) in [4.78, 5) is 10.6. The Kier molecular flexibility index (Phi) is 3.28. The van der Waals surface area contributed by atoms with Crippen LogP contribution in [0.25, 0.3) is 0 Å². The molecule has 1 aromatic heterocycles. The molecule has 0 atom stereocenters. The molecule has 1 amide bonds. The lowest BCUT2D eigenvalue weighted by molar-refractivity contribution is -0.169. The third-order valence-corrected chi connectivity index (χ3v) is 1.49. The lowest BCUT2D eigenvalue weighted by atomic mass is 10.3. The van der Waals surface area contributed by atoms with E-state index >= 15 is 0 Å². The third kappa shape index (κ3) is 2.67. The molecule has 0 unspecified atom stereocenters. The Hall–Kier alpha value is -1.60. The van der Waals surface area contributed by atoms with Crippen molar-refractivity contribution >= 4 is 5.91 Å². The summed E-state index contributed by atoms with van der Waals surface area (Å²) in [6, 6.07) is 1.31. The van der Waals surface area contributed by atoms with Crippen molar-refractivity contribution in [2.75, 3.05) is 0 Å². The van der Waals surface area contributed by atoms with Gasteiger partial charge >= 0.3 is 12.3 Å². The highest BCUT2D eigenvalue weighted by molar-refractivity contribution is 5.83. The molecule has 0 spiro atoms. The highest BCUT2D eigenvalue weighted by Gasteiger charge is 2.48. The summed E-state index contributed by atoms with van der Waals surface area (Å²) in [7, 11) is 0. The van der Waals surface area contributed by atoms with Crippen LogP contribution < -0.4 is 5.32 Å². The Bertz CT molecular complexity index is 326. The van der Waals surface area contributed by atoms with Gasteiger partial charge in [-0.05, 0) is 0 Å². The second-order valence-electron chi connectivity index (χ2n) is 2.59. The number of amides is 1. The Labute approximate surface area is 81.2 Å². The van der Waals surface area contributed by atoms with E-state index in [4.69, 9.17) is 0 Å². The van der Waals surface area contributed by atoms with Crippen molar-refractivity contribution in [2.45, 2.75) is 18.9 Å². The van der Waals surface area contributed by atoms with Crippen LogP contribution in [0.1, 0.15) is 5.76 Å². The fraction of sp³-hybridized carbons (Fsp3) is 0.429. The molecule has 0 radical (unpaired) electrons. The van der Waals surface area contributed by atoms with Gasteiger partial charge in [-0.2, -0.15) is 8.78 Å². The fourth-order valence-electron chi connectivity index (χ4n) is 0.718. The zero-order valence-electron chi connectivity index (χ0n) is 7.21. The fourth-order valence-corrected chi connectivity index (χ4v) is 0.718. The zero-order chi connectivity index (χ0) is 11.5. The minimum atomic E-state index is -4.69. The number of nitrogens with zero attached hydrogens (tertiary/aromatic N) is 1. The molecule has 84 valence electrons. The van der Waals surface area contributed by atoms with E-state index in [1.807, 2.05) is 0 Å². The number of halogens is 4. The summed E-state index contributed by atoms with van der Waals surface area (Å²) in [6.45, 7) is -0.416.